The molecule has 0 unspecified atom stereocenters. The van der Waals surface area contributed by atoms with Gasteiger partial charge in [0.05, 0.1) is 45.3 Å². The number of amides is 4. The number of anilines is 3. The molecule has 0 radical (unpaired) electrons. The van der Waals surface area contributed by atoms with Gasteiger partial charge in [-0.25, -0.2) is 9.97 Å². The summed E-state index contributed by atoms with van der Waals surface area (Å²) in [6.45, 7) is 1.33. The van der Waals surface area contributed by atoms with Crippen molar-refractivity contribution in [2.45, 2.75) is 12.8 Å². The van der Waals surface area contributed by atoms with Crippen molar-refractivity contribution >= 4 is 87.0 Å². The van der Waals surface area contributed by atoms with Crippen molar-refractivity contribution in [3.05, 3.63) is 168 Å². The molecule has 4 heterocycles. The van der Waals surface area contributed by atoms with Gasteiger partial charge >= 0.3 is 11.4 Å². The van der Waals surface area contributed by atoms with Gasteiger partial charge in [0, 0.05) is 24.5 Å². The number of ether oxygens (including phenoxy) is 2. The fraction of sp³-hybridized carbons (Fsp3) is 0.143. The summed E-state index contributed by atoms with van der Waals surface area (Å²) >= 11 is 16.4. The maximum atomic E-state index is 12.3. The first-order chi connectivity index (χ1) is 31.2. The number of carbonyl (C=O) groups is 4. The van der Waals surface area contributed by atoms with Gasteiger partial charge in [0.25, 0.3) is 23.6 Å². The van der Waals surface area contributed by atoms with Gasteiger partial charge in [-0.3, -0.25) is 49.2 Å². The summed E-state index contributed by atoms with van der Waals surface area (Å²) in [4.78, 5) is 85.7. The molecule has 0 atom stereocenters. The molecule has 4 amide bonds. The molecule has 2 aromatic heterocycles. The summed E-state index contributed by atoms with van der Waals surface area (Å²) in [5.74, 6) is 0.218. The van der Waals surface area contributed by atoms with Crippen molar-refractivity contribution in [2.75, 3.05) is 37.4 Å². The van der Waals surface area contributed by atoms with Gasteiger partial charge < -0.3 is 20.5 Å². The molecule has 2 aliphatic heterocycles. The van der Waals surface area contributed by atoms with Crippen molar-refractivity contribution in [1.29, 1.82) is 0 Å². The van der Waals surface area contributed by atoms with Gasteiger partial charge in [-0.1, -0.05) is 35.9 Å². The molecule has 0 saturated carbocycles. The molecule has 20 nitrogen and oxygen atoms in total. The molecule has 8 rings (SSSR count). The van der Waals surface area contributed by atoms with E-state index >= 15 is 0 Å². The lowest BCUT2D eigenvalue weighted by Gasteiger charge is -2.14. The maximum Gasteiger partial charge on any atom is 0.329 e. The quantitative estimate of drug-likeness (QED) is 0.0200. The Hall–Kier alpha value is -7.81. The summed E-state index contributed by atoms with van der Waals surface area (Å²) in [5.41, 5.74) is 7.97. The number of nitrogens with zero attached hydrogens (tertiary/aromatic N) is 8. The van der Waals surface area contributed by atoms with Gasteiger partial charge in [-0.2, -0.15) is 9.97 Å². The number of carbonyl (C=O) groups excluding carboxylic acids is 4. The van der Waals surface area contributed by atoms with Crippen LogP contribution in [-0.2, 0) is 0 Å². The van der Waals surface area contributed by atoms with Crippen LogP contribution in [0.5, 0.6) is 11.5 Å². The van der Waals surface area contributed by atoms with E-state index in [0.717, 1.165) is 18.1 Å². The third-order valence-electron chi connectivity index (χ3n) is 9.17. The molecule has 23 heteroatoms. The van der Waals surface area contributed by atoms with E-state index in [2.05, 4.69) is 25.3 Å². The number of nitrogens with two attached hydrogens (primary N) is 1. The highest BCUT2D eigenvalue weighted by atomic mass is 35.5. The Kier molecular flexibility index (Phi) is 15.5. The second-order valence-corrected chi connectivity index (χ2v) is 14.5. The highest BCUT2D eigenvalue weighted by Gasteiger charge is 2.35. The first-order valence-corrected chi connectivity index (χ1v) is 20.2. The first kappa shape index (κ1) is 46.7. The van der Waals surface area contributed by atoms with E-state index in [1.807, 2.05) is 0 Å². The number of hydrogen-bond donors (Lipinski definition) is 2. The van der Waals surface area contributed by atoms with Gasteiger partial charge in [-0.05, 0) is 109 Å². The van der Waals surface area contributed by atoms with Crippen LogP contribution in [0.1, 0.15) is 54.3 Å². The fourth-order valence-electron chi connectivity index (χ4n) is 6.08. The fourth-order valence-corrected chi connectivity index (χ4v) is 6.59. The molecule has 332 valence electrons. The Bertz CT molecular complexity index is 2700. The third kappa shape index (κ3) is 11.8. The Morgan fingerprint density at radius 1 is 0.585 bits per heavy atom. The van der Waals surface area contributed by atoms with Crippen LogP contribution in [0.25, 0.3) is 0 Å². The zero-order chi connectivity index (χ0) is 46.6. The van der Waals surface area contributed by atoms with Crippen LogP contribution < -0.4 is 20.5 Å². The molecule has 3 N–H and O–H groups in total. The van der Waals surface area contributed by atoms with Crippen molar-refractivity contribution in [3.63, 3.8) is 0 Å². The lowest BCUT2D eigenvalue weighted by atomic mass is 10.1. The van der Waals surface area contributed by atoms with E-state index in [-0.39, 0.29) is 63.1 Å². The van der Waals surface area contributed by atoms with Crippen LogP contribution in [0, 0.1) is 20.2 Å². The molecule has 6 aromatic rings. The lowest BCUT2D eigenvalue weighted by molar-refractivity contribution is -0.385. The number of imide groups is 2. The van der Waals surface area contributed by atoms with Gasteiger partial charge in [-0.15, -0.1) is 0 Å². The highest BCUT2D eigenvalue weighted by Crippen LogP contribution is 2.28. The summed E-state index contributed by atoms with van der Waals surface area (Å²) in [6.07, 6.45) is 3.04. The van der Waals surface area contributed by atoms with Crippen LogP contribution >= 0.6 is 34.8 Å². The predicted octanol–water partition coefficient (Wildman–Crippen LogP) is 7.87. The highest BCUT2D eigenvalue weighted by molar-refractivity contribution is 6.33. The molecule has 0 bridgehead atoms. The SMILES string of the molecule is Nc1ccc(OCCCN2C(=O)c3ccccc3C2=O)cc1.O=C1c2ccccc2C(=O)N1CCCOc1ccc(Nc2nc(Cl)ncc2[N+](=O)[O-])cc1.O=[N+]([O-])c1cnc(Cl)nc1Cl. The molecule has 4 aromatic carbocycles. The minimum atomic E-state index is -0.682. The van der Waals surface area contributed by atoms with Crippen LogP contribution in [-0.4, -0.2) is 89.5 Å². The number of nitrogens with one attached hydrogen (secondary N) is 1. The largest absolute Gasteiger partial charge is 0.494 e. The smallest absolute Gasteiger partial charge is 0.329 e. The molecule has 65 heavy (non-hydrogen) atoms. The van der Waals surface area contributed by atoms with E-state index in [1.165, 1.54) is 9.80 Å². The number of aromatic nitrogens is 4. The zero-order valence-electron chi connectivity index (χ0n) is 33.5. The van der Waals surface area contributed by atoms with Crippen molar-refractivity contribution < 1.29 is 38.5 Å². The maximum absolute atomic E-state index is 12.3. The average Bonchev–Trinajstić information content (AvgIpc) is 3.68. The molecule has 0 aliphatic carbocycles. The number of nitro groups is 2. The van der Waals surface area contributed by atoms with Crippen LogP contribution in [0.4, 0.5) is 28.6 Å². The second kappa shape index (κ2) is 21.5. The zero-order valence-corrected chi connectivity index (χ0v) is 35.8. The van der Waals surface area contributed by atoms with E-state index < -0.39 is 9.85 Å². The average molecular weight is 944 g/mol. The van der Waals surface area contributed by atoms with Gasteiger partial charge in [0.15, 0.2) is 0 Å². The molecule has 0 spiro atoms. The standard InChI is InChI=1S/C21H16ClN5O5.C17H16N2O3.C4HCl2N3O2/c22-21-23-12-17(27(30)31)18(25-21)24-13-6-8-14(9-7-13)32-11-3-10-26-19(28)15-4-1-2-5-16(15)20(26)29;18-12-6-8-13(9-7-12)22-11-3-10-19-16(20)14-4-1-2-5-15(14)17(19)21;5-3-2(9(10)11)1-7-4(6)8-3/h1-2,4-9,12H,3,10-11H2,(H,23,24,25);1-2,4-9H,3,10-11,18H2;1H. The van der Waals surface area contributed by atoms with E-state index in [1.54, 1.807) is 97.1 Å². The van der Waals surface area contributed by atoms with E-state index in [0.29, 0.717) is 72.0 Å². The number of rotatable bonds is 14. The third-order valence-corrected chi connectivity index (χ3v) is 9.81. The topological polar surface area (TPSA) is 269 Å². The number of halogens is 3. The monoisotopic (exact) mass is 942 g/mol. The second-order valence-electron chi connectivity index (χ2n) is 13.4. The number of hydrogen-bond acceptors (Lipinski definition) is 16. The van der Waals surface area contributed by atoms with Gasteiger partial charge in [0.1, 0.15) is 23.9 Å². The Morgan fingerprint density at radius 2 is 0.985 bits per heavy atom. The minimum Gasteiger partial charge on any atom is -0.494 e. The first-order valence-electron chi connectivity index (χ1n) is 19.1. The van der Waals surface area contributed by atoms with E-state index in [9.17, 15) is 39.4 Å². The van der Waals surface area contributed by atoms with Crippen LogP contribution in [0.2, 0.25) is 15.7 Å². The van der Waals surface area contributed by atoms with Crippen LogP contribution in [0.3, 0.4) is 0 Å². The summed E-state index contributed by atoms with van der Waals surface area (Å²) < 4.78 is 11.2. The minimum absolute atomic E-state index is 0.0235. The van der Waals surface area contributed by atoms with Crippen molar-refractivity contribution in [3.8, 4) is 11.5 Å². The number of fused-ring (bicyclic) bond motifs is 2. The molecule has 0 fully saturated rings. The number of benzene rings is 4. The Balaban J connectivity index is 0.000000182. The van der Waals surface area contributed by atoms with Gasteiger partial charge in [0.2, 0.25) is 21.5 Å². The summed E-state index contributed by atoms with van der Waals surface area (Å²) in [6, 6.07) is 27.4. The summed E-state index contributed by atoms with van der Waals surface area (Å²) in [7, 11) is 0. The van der Waals surface area contributed by atoms with E-state index in [4.69, 9.17) is 50.0 Å². The summed E-state index contributed by atoms with van der Waals surface area (Å²) in [5, 5.41) is 23.6. The molecular weight excluding hydrogens is 911 g/mol. The molecule has 2 aliphatic rings. The molecule has 0 saturated heterocycles. The predicted molar refractivity (Wildman–Crippen MR) is 237 cm³/mol. The van der Waals surface area contributed by atoms with Crippen molar-refractivity contribution in [2.24, 2.45) is 0 Å². The van der Waals surface area contributed by atoms with Crippen LogP contribution in [0.15, 0.2) is 109 Å². The Morgan fingerprint density at radius 3 is 1.40 bits per heavy atom. The number of nitrogen functional groups attached to an aromatic ring is 1. The Labute approximate surface area is 383 Å². The normalized spacial score (nSPS) is 12.4. The lowest BCUT2D eigenvalue weighted by Crippen LogP contribution is -2.31. The molecular formula is C42H33Cl3N10O10. The van der Waals surface area contributed by atoms with Crippen molar-refractivity contribution in [1.82, 2.24) is 29.7 Å².